The van der Waals surface area contributed by atoms with E-state index in [4.69, 9.17) is 11.5 Å². The largest absolute Gasteiger partial charge is 0.326 e. The second-order valence-electron chi connectivity index (χ2n) is 8.41. The predicted octanol–water partition coefficient (Wildman–Crippen LogP) is 5.02. The fourth-order valence-electron chi connectivity index (χ4n) is 2.32. The molecule has 0 aromatic heterocycles. The number of rotatable bonds is 2. The molecule has 0 atom stereocenters. The van der Waals surface area contributed by atoms with Gasteiger partial charge in [-0.05, 0) is 33.6 Å². The molecule has 0 aliphatic rings. The maximum Gasteiger partial charge on any atom is 0.127 e. The lowest BCUT2D eigenvalue weighted by Gasteiger charge is -2.19. The van der Waals surface area contributed by atoms with Gasteiger partial charge in [0.25, 0.3) is 0 Å². The van der Waals surface area contributed by atoms with Crippen molar-refractivity contribution in [3.8, 4) is 0 Å². The zero-order valence-electron chi connectivity index (χ0n) is 16.5. The minimum atomic E-state index is -0.199. The Morgan fingerprint density at radius 3 is 1.56 bits per heavy atom. The SMILES string of the molecule is CC(C)(C)c1ccc(CN)c(F)c1.CC(C)(C)c1ccc(CN)cc1. The van der Waals surface area contributed by atoms with E-state index in [9.17, 15) is 4.39 Å². The summed E-state index contributed by atoms with van der Waals surface area (Å²) in [6.45, 7) is 13.7. The van der Waals surface area contributed by atoms with Crippen molar-refractivity contribution in [3.05, 3.63) is 70.5 Å². The molecular weight excluding hydrogens is 311 g/mol. The topological polar surface area (TPSA) is 52.0 Å². The Hall–Kier alpha value is -1.71. The van der Waals surface area contributed by atoms with Crippen LogP contribution in [0.15, 0.2) is 42.5 Å². The van der Waals surface area contributed by atoms with E-state index in [1.165, 1.54) is 11.1 Å². The summed E-state index contributed by atoms with van der Waals surface area (Å²) in [5.41, 5.74) is 15.3. The third-order valence-corrected chi connectivity index (χ3v) is 4.19. The van der Waals surface area contributed by atoms with Crippen molar-refractivity contribution in [2.24, 2.45) is 11.5 Å². The maximum atomic E-state index is 13.3. The van der Waals surface area contributed by atoms with Crippen LogP contribution < -0.4 is 11.5 Å². The van der Waals surface area contributed by atoms with Gasteiger partial charge in [0, 0.05) is 18.7 Å². The Morgan fingerprint density at radius 1 is 0.720 bits per heavy atom. The van der Waals surface area contributed by atoms with E-state index in [0.717, 1.165) is 5.56 Å². The van der Waals surface area contributed by atoms with E-state index in [2.05, 4.69) is 65.8 Å². The Morgan fingerprint density at radius 2 is 1.20 bits per heavy atom. The van der Waals surface area contributed by atoms with E-state index in [1.54, 1.807) is 12.1 Å². The Kier molecular flexibility index (Phi) is 7.33. The summed E-state index contributed by atoms with van der Waals surface area (Å²) >= 11 is 0. The lowest BCUT2D eigenvalue weighted by atomic mass is 9.86. The zero-order valence-corrected chi connectivity index (χ0v) is 16.5. The first kappa shape index (κ1) is 21.3. The Balaban J connectivity index is 0.000000251. The molecule has 0 saturated carbocycles. The molecule has 138 valence electrons. The highest BCUT2D eigenvalue weighted by atomic mass is 19.1. The molecule has 0 radical (unpaired) electrons. The summed E-state index contributed by atoms with van der Waals surface area (Å²) in [5.74, 6) is -0.199. The van der Waals surface area contributed by atoms with Crippen molar-refractivity contribution >= 4 is 0 Å². The highest BCUT2D eigenvalue weighted by Gasteiger charge is 2.15. The highest BCUT2D eigenvalue weighted by molar-refractivity contribution is 5.29. The van der Waals surface area contributed by atoms with Crippen LogP contribution in [0.25, 0.3) is 0 Å². The van der Waals surface area contributed by atoms with E-state index < -0.39 is 0 Å². The number of hydrogen-bond acceptors (Lipinski definition) is 2. The molecule has 25 heavy (non-hydrogen) atoms. The average molecular weight is 345 g/mol. The van der Waals surface area contributed by atoms with Crippen molar-refractivity contribution in [2.45, 2.75) is 65.5 Å². The van der Waals surface area contributed by atoms with Gasteiger partial charge in [-0.2, -0.15) is 0 Å². The number of halogens is 1. The molecule has 4 N–H and O–H groups in total. The molecule has 0 aliphatic heterocycles. The van der Waals surface area contributed by atoms with Crippen LogP contribution in [-0.4, -0.2) is 0 Å². The second-order valence-corrected chi connectivity index (χ2v) is 8.41. The molecule has 2 aromatic rings. The number of benzene rings is 2. The molecular formula is C22H33FN2. The van der Waals surface area contributed by atoms with E-state index in [0.29, 0.717) is 12.1 Å². The molecule has 0 bridgehead atoms. The van der Waals surface area contributed by atoms with Crippen LogP contribution in [0.3, 0.4) is 0 Å². The third-order valence-electron chi connectivity index (χ3n) is 4.19. The zero-order chi connectivity index (χ0) is 19.3. The molecule has 0 saturated heterocycles. The maximum absolute atomic E-state index is 13.3. The van der Waals surface area contributed by atoms with Gasteiger partial charge < -0.3 is 11.5 Å². The molecule has 2 rings (SSSR count). The molecule has 2 nitrogen and oxygen atoms in total. The minimum absolute atomic E-state index is 0.00598. The Labute approximate surface area is 152 Å². The van der Waals surface area contributed by atoms with Gasteiger partial charge >= 0.3 is 0 Å². The molecule has 0 aliphatic carbocycles. The summed E-state index contributed by atoms with van der Waals surface area (Å²) in [4.78, 5) is 0. The monoisotopic (exact) mass is 344 g/mol. The summed E-state index contributed by atoms with van der Waals surface area (Å²) in [6.07, 6.45) is 0. The van der Waals surface area contributed by atoms with Gasteiger partial charge in [0.2, 0.25) is 0 Å². The average Bonchev–Trinajstić information content (AvgIpc) is 2.54. The first-order valence-corrected chi connectivity index (χ1v) is 8.77. The van der Waals surface area contributed by atoms with Gasteiger partial charge in [-0.15, -0.1) is 0 Å². The molecule has 0 amide bonds. The second kappa shape index (κ2) is 8.59. The molecule has 0 unspecified atom stereocenters. The first-order chi connectivity index (χ1) is 11.5. The van der Waals surface area contributed by atoms with Gasteiger partial charge in [-0.25, -0.2) is 4.39 Å². The van der Waals surface area contributed by atoms with Crippen LogP contribution in [0.2, 0.25) is 0 Å². The fourth-order valence-corrected chi connectivity index (χ4v) is 2.32. The van der Waals surface area contributed by atoms with Crippen molar-refractivity contribution in [2.75, 3.05) is 0 Å². The quantitative estimate of drug-likeness (QED) is 0.803. The molecule has 0 spiro atoms. The lowest BCUT2D eigenvalue weighted by Crippen LogP contribution is -2.12. The van der Waals surface area contributed by atoms with Gasteiger partial charge in [0.05, 0.1) is 0 Å². The van der Waals surface area contributed by atoms with Crippen molar-refractivity contribution in [3.63, 3.8) is 0 Å². The van der Waals surface area contributed by atoms with Gasteiger partial charge in [-0.3, -0.25) is 0 Å². The molecule has 0 fully saturated rings. The van der Waals surface area contributed by atoms with Crippen molar-refractivity contribution < 1.29 is 4.39 Å². The summed E-state index contributed by atoms with van der Waals surface area (Å²) in [6, 6.07) is 13.8. The van der Waals surface area contributed by atoms with Gasteiger partial charge in [-0.1, -0.05) is 77.9 Å². The van der Waals surface area contributed by atoms with E-state index >= 15 is 0 Å². The lowest BCUT2D eigenvalue weighted by molar-refractivity contribution is 0.566. The summed E-state index contributed by atoms with van der Waals surface area (Å²) in [7, 11) is 0. The fraction of sp³-hybridized carbons (Fsp3) is 0.455. The molecule has 2 aromatic carbocycles. The van der Waals surface area contributed by atoms with Crippen LogP contribution >= 0.6 is 0 Å². The van der Waals surface area contributed by atoms with Gasteiger partial charge in [0.1, 0.15) is 5.82 Å². The van der Waals surface area contributed by atoms with Crippen LogP contribution in [0, 0.1) is 5.82 Å². The van der Waals surface area contributed by atoms with Crippen LogP contribution in [-0.2, 0) is 23.9 Å². The smallest absolute Gasteiger partial charge is 0.127 e. The predicted molar refractivity (Wildman–Crippen MR) is 106 cm³/mol. The summed E-state index contributed by atoms with van der Waals surface area (Å²) < 4.78 is 13.3. The molecule has 3 heteroatoms. The number of hydrogen-bond donors (Lipinski definition) is 2. The third kappa shape index (κ3) is 6.60. The highest BCUT2D eigenvalue weighted by Crippen LogP contribution is 2.24. The van der Waals surface area contributed by atoms with Crippen molar-refractivity contribution in [1.29, 1.82) is 0 Å². The number of nitrogens with two attached hydrogens (primary N) is 2. The van der Waals surface area contributed by atoms with Gasteiger partial charge in [0.15, 0.2) is 0 Å². The molecule has 0 heterocycles. The van der Waals surface area contributed by atoms with Crippen molar-refractivity contribution in [1.82, 2.24) is 0 Å². The standard InChI is InChI=1S/C11H16FN.C11H17N/c1-11(2,3)9-5-4-8(7-13)10(12)6-9;1-11(2,3)10-6-4-9(8-12)5-7-10/h4-6H,7,13H2,1-3H3;4-7H,8,12H2,1-3H3. The Bertz CT molecular complexity index is 662. The summed E-state index contributed by atoms with van der Waals surface area (Å²) in [5, 5.41) is 0. The van der Waals surface area contributed by atoms with Crippen LogP contribution in [0.4, 0.5) is 4.39 Å². The van der Waals surface area contributed by atoms with Crippen LogP contribution in [0.5, 0.6) is 0 Å². The van der Waals surface area contributed by atoms with E-state index in [1.807, 2.05) is 6.07 Å². The first-order valence-electron chi connectivity index (χ1n) is 8.77. The normalized spacial score (nSPS) is 11.7. The van der Waals surface area contributed by atoms with E-state index in [-0.39, 0.29) is 23.2 Å². The van der Waals surface area contributed by atoms with Crippen LogP contribution in [0.1, 0.15) is 63.8 Å². The minimum Gasteiger partial charge on any atom is -0.326 e.